The van der Waals surface area contributed by atoms with Gasteiger partial charge in [0.15, 0.2) is 0 Å². The fourth-order valence-corrected chi connectivity index (χ4v) is 7.05. The van der Waals surface area contributed by atoms with E-state index >= 15 is 0 Å². The van der Waals surface area contributed by atoms with Crippen molar-refractivity contribution < 1.29 is 22.3 Å². The number of carbonyl (C=O) groups excluding carboxylic acids is 1. The molecule has 0 radical (unpaired) electrons. The van der Waals surface area contributed by atoms with Crippen LogP contribution in [-0.4, -0.2) is 56.2 Å². The van der Waals surface area contributed by atoms with Crippen LogP contribution in [0.25, 0.3) is 10.9 Å². The summed E-state index contributed by atoms with van der Waals surface area (Å²) in [6, 6.07) is 17.3. The molecule has 1 aromatic heterocycles. The number of nitrogens with zero attached hydrogens (tertiary/aromatic N) is 3. The van der Waals surface area contributed by atoms with Crippen LogP contribution in [-0.2, 0) is 14.6 Å². The number of amides is 1. The zero-order valence-corrected chi connectivity index (χ0v) is 24.0. The van der Waals surface area contributed by atoms with Crippen molar-refractivity contribution in [1.82, 2.24) is 15.2 Å². The van der Waals surface area contributed by atoms with Gasteiger partial charge in [0.05, 0.1) is 33.1 Å². The van der Waals surface area contributed by atoms with Crippen molar-refractivity contribution in [3.63, 3.8) is 0 Å². The second-order valence-electron chi connectivity index (χ2n) is 10.8. The number of halogens is 1. The molecular formula is C31H34FN5O4S. The predicted molar refractivity (Wildman–Crippen MR) is 158 cm³/mol. The van der Waals surface area contributed by atoms with E-state index in [-0.39, 0.29) is 28.0 Å². The molecule has 4 aromatic rings. The van der Waals surface area contributed by atoms with E-state index in [1.807, 2.05) is 24.3 Å². The van der Waals surface area contributed by atoms with Gasteiger partial charge in [0.2, 0.25) is 9.84 Å². The first-order valence-electron chi connectivity index (χ1n) is 14.4. The van der Waals surface area contributed by atoms with Crippen molar-refractivity contribution >= 4 is 32.3 Å². The normalized spacial score (nSPS) is 19.5. The molecule has 2 aliphatic rings. The molecule has 11 heteroatoms. The van der Waals surface area contributed by atoms with Gasteiger partial charge in [-0.25, -0.2) is 12.8 Å². The molecule has 2 saturated heterocycles. The quantitative estimate of drug-likeness (QED) is 0.301. The van der Waals surface area contributed by atoms with Crippen LogP contribution in [0, 0.1) is 5.82 Å². The number of sulfone groups is 1. The van der Waals surface area contributed by atoms with Gasteiger partial charge in [0, 0.05) is 30.8 Å². The van der Waals surface area contributed by atoms with Crippen LogP contribution < -0.4 is 15.6 Å². The van der Waals surface area contributed by atoms with E-state index in [1.165, 1.54) is 24.3 Å². The predicted octanol–water partition coefficient (Wildman–Crippen LogP) is 4.87. The molecule has 0 aliphatic carbocycles. The number of rotatable bonds is 8. The Labute approximate surface area is 244 Å². The first-order valence-corrected chi connectivity index (χ1v) is 15.9. The number of carbonyl (C=O) groups is 1. The van der Waals surface area contributed by atoms with Gasteiger partial charge in [-0.05, 0) is 87.1 Å². The number of fused-ring (bicyclic) bond motifs is 1. The van der Waals surface area contributed by atoms with Crippen LogP contribution in [0.3, 0.4) is 0 Å². The highest BCUT2D eigenvalue weighted by atomic mass is 32.2. The van der Waals surface area contributed by atoms with Crippen LogP contribution >= 0.6 is 0 Å². The summed E-state index contributed by atoms with van der Waals surface area (Å²) >= 11 is 0. The second-order valence-corrected chi connectivity index (χ2v) is 12.7. The summed E-state index contributed by atoms with van der Waals surface area (Å²) in [5, 5.41) is 13.9. The monoisotopic (exact) mass is 591 g/mol. The molecule has 42 heavy (non-hydrogen) atoms. The fraction of sp³-hybridized carbons (Fsp3) is 0.355. The summed E-state index contributed by atoms with van der Waals surface area (Å²) in [5.41, 5.74) is 2.09. The molecule has 3 heterocycles. The number of piperidine rings is 1. The van der Waals surface area contributed by atoms with Crippen LogP contribution in [0.2, 0.25) is 0 Å². The number of aromatic nitrogens is 2. The Kier molecular flexibility index (Phi) is 8.12. The number of benzene rings is 3. The third-order valence-electron chi connectivity index (χ3n) is 7.94. The molecule has 0 spiro atoms. The minimum atomic E-state index is -3.89. The number of anilines is 1. The minimum Gasteiger partial charge on any atom is -0.359 e. The summed E-state index contributed by atoms with van der Waals surface area (Å²) in [4.78, 5) is 15.1. The SMILES string of the molecule is O=C(NCC1CCCCN1n1ncc2cc(S(=O)(=O)c3cccc(F)c3)ccc21)c1ccccc1NC1CCCCO1. The van der Waals surface area contributed by atoms with Gasteiger partial charge in [-0.1, -0.05) is 18.2 Å². The topological polar surface area (TPSA) is 106 Å². The lowest BCUT2D eigenvalue weighted by Crippen LogP contribution is -2.52. The van der Waals surface area contributed by atoms with E-state index < -0.39 is 15.7 Å². The fourth-order valence-electron chi connectivity index (χ4n) is 5.72. The zero-order chi connectivity index (χ0) is 29.1. The maximum Gasteiger partial charge on any atom is 0.253 e. The third-order valence-corrected chi connectivity index (χ3v) is 9.69. The maximum atomic E-state index is 13.7. The van der Waals surface area contributed by atoms with Crippen molar-refractivity contribution in [2.24, 2.45) is 0 Å². The Morgan fingerprint density at radius 1 is 0.976 bits per heavy atom. The summed E-state index contributed by atoms with van der Waals surface area (Å²) in [6.45, 7) is 1.90. The van der Waals surface area contributed by atoms with Crippen molar-refractivity contribution in [3.05, 3.63) is 84.3 Å². The van der Waals surface area contributed by atoms with Gasteiger partial charge in [-0.2, -0.15) is 9.89 Å². The number of hydrogen-bond acceptors (Lipinski definition) is 7. The zero-order valence-electron chi connectivity index (χ0n) is 23.2. The second kappa shape index (κ2) is 12.1. The average Bonchev–Trinajstić information content (AvgIpc) is 3.44. The Morgan fingerprint density at radius 3 is 2.64 bits per heavy atom. The highest BCUT2D eigenvalue weighted by molar-refractivity contribution is 7.91. The van der Waals surface area contributed by atoms with Gasteiger partial charge in [-0.3, -0.25) is 9.80 Å². The van der Waals surface area contributed by atoms with Crippen LogP contribution in [0.5, 0.6) is 0 Å². The van der Waals surface area contributed by atoms with Gasteiger partial charge in [0.1, 0.15) is 12.0 Å². The number of ether oxygens (including phenoxy) is 1. The molecule has 2 aliphatic heterocycles. The van der Waals surface area contributed by atoms with Crippen LogP contribution in [0.15, 0.2) is 82.7 Å². The van der Waals surface area contributed by atoms with Crippen molar-refractivity contribution in [2.45, 2.75) is 60.6 Å². The Bertz CT molecular complexity index is 1690. The van der Waals surface area contributed by atoms with E-state index in [4.69, 9.17) is 4.74 Å². The standard InChI is InChI=1S/C31H34FN5O4S/c32-23-8-7-10-25(19-23)42(39,40)26-14-15-29-22(18-26)20-34-37(29)36-16-5-3-9-24(36)21-33-31(38)27-11-1-2-12-28(27)35-30-13-4-6-17-41-30/h1-2,7-8,10-12,14-15,18-20,24,30,35H,3-6,9,13,16-17,21H2,(H,33,38). The van der Waals surface area contributed by atoms with E-state index in [9.17, 15) is 17.6 Å². The molecule has 2 unspecified atom stereocenters. The largest absolute Gasteiger partial charge is 0.359 e. The van der Waals surface area contributed by atoms with Crippen LogP contribution in [0.4, 0.5) is 10.1 Å². The lowest BCUT2D eigenvalue weighted by Gasteiger charge is -2.37. The molecule has 220 valence electrons. The Balaban J connectivity index is 1.18. The van der Waals surface area contributed by atoms with E-state index in [0.717, 1.165) is 68.9 Å². The number of hydrogen-bond donors (Lipinski definition) is 2. The third kappa shape index (κ3) is 5.84. The molecule has 1 amide bonds. The van der Waals surface area contributed by atoms with E-state index in [2.05, 4.69) is 20.7 Å². The van der Waals surface area contributed by atoms with E-state index in [1.54, 1.807) is 23.1 Å². The highest BCUT2D eigenvalue weighted by Crippen LogP contribution is 2.27. The van der Waals surface area contributed by atoms with Crippen molar-refractivity contribution in [3.8, 4) is 0 Å². The minimum absolute atomic E-state index is 0.00306. The van der Waals surface area contributed by atoms with E-state index in [0.29, 0.717) is 17.5 Å². The first kappa shape index (κ1) is 28.2. The maximum absolute atomic E-state index is 13.7. The van der Waals surface area contributed by atoms with Gasteiger partial charge < -0.3 is 15.4 Å². The highest BCUT2D eigenvalue weighted by Gasteiger charge is 2.27. The molecule has 9 nitrogen and oxygen atoms in total. The lowest BCUT2D eigenvalue weighted by atomic mass is 10.0. The molecule has 2 N–H and O–H groups in total. The first-order chi connectivity index (χ1) is 20.4. The van der Waals surface area contributed by atoms with Crippen molar-refractivity contribution in [2.75, 3.05) is 30.0 Å². The molecule has 3 aromatic carbocycles. The summed E-state index contributed by atoms with van der Waals surface area (Å²) < 4.78 is 45.8. The average molecular weight is 592 g/mol. The molecule has 0 saturated carbocycles. The Morgan fingerprint density at radius 2 is 1.81 bits per heavy atom. The summed E-state index contributed by atoms with van der Waals surface area (Å²) in [7, 11) is -3.89. The van der Waals surface area contributed by atoms with Gasteiger partial charge >= 0.3 is 0 Å². The molecule has 2 fully saturated rings. The summed E-state index contributed by atoms with van der Waals surface area (Å²) in [6.07, 6.45) is 7.48. The van der Waals surface area contributed by atoms with Gasteiger partial charge in [-0.15, -0.1) is 0 Å². The van der Waals surface area contributed by atoms with Gasteiger partial charge in [0.25, 0.3) is 5.91 Å². The Hall–Kier alpha value is -3.96. The van der Waals surface area contributed by atoms with Crippen LogP contribution in [0.1, 0.15) is 48.9 Å². The number of para-hydroxylation sites is 1. The molecule has 2 atom stereocenters. The smallest absolute Gasteiger partial charge is 0.253 e. The molecule has 6 rings (SSSR count). The number of nitrogens with one attached hydrogen (secondary N) is 2. The lowest BCUT2D eigenvalue weighted by molar-refractivity contribution is 0.0343. The molecule has 0 bridgehead atoms. The summed E-state index contributed by atoms with van der Waals surface area (Å²) in [5.74, 6) is -0.761. The van der Waals surface area contributed by atoms with Crippen molar-refractivity contribution in [1.29, 1.82) is 0 Å². The molecular weight excluding hydrogens is 557 g/mol.